The molecule has 4 aromatic carbocycles. The van der Waals surface area contributed by atoms with Crippen molar-refractivity contribution in [3.05, 3.63) is 107 Å². The number of aryl methyl sites for hydroxylation is 1. The molecule has 2 amide bonds. The lowest BCUT2D eigenvalue weighted by atomic mass is 10.1. The number of rotatable bonds is 12. The van der Waals surface area contributed by atoms with Gasteiger partial charge in [-0.3, -0.25) is 9.59 Å². The number of alkyl halides is 3. The van der Waals surface area contributed by atoms with E-state index < -0.39 is 40.7 Å². The van der Waals surface area contributed by atoms with Gasteiger partial charge < -0.3 is 25.9 Å². The van der Waals surface area contributed by atoms with Gasteiger partial charge in [-0.15, -0.1) is 0 Å². The Kier molecular flexibility index (Phi) is 13.0. The fourth-order valence-electron chi connectivity index (χ4n) is 5.51. The summed E-state index contributed by atoms with van der Waals surface area (Å²) < 4.78 is 66.6. The molecule has 12 nitrogen and oxygen atoms in total. The Morgan fingerprint density at radius 1 is 1.04 bits per heavy atom. The Morgan fingerprint density at radius 3 is 2.38 bits per heavy atom. The summed E-state index contributed by atoms with van der Waals surface area (Å²) >= 11 is 0. The van der Waals surface area contributed by atoms with Crippen LogP contribution in [0.25, 0.3) is 10.8 Å². The number of nitrogens with zero attached hydrogens (tertiary/aromatic N) is 3. The molecule has 1 saturated heterocycles. The number of hydrazone groups is 1. The zero-order valence-electron chi connectivity index (χ0n) is 28.3. The summed E-state index contributed by atoms with van der Waals surface area (Å²) in [5.41, 5.74) is 3.84. The third-order valence-electron chi connectivity index (χ3n) is 8.19. The molecular formula is C36H38F3N5O7S. The number of nitrogens with one attached hydrogen (secondary N) is 1. The number of carbonyl (C=O) groups excluding carboxylic acids is 2. The standard InChI is InChI=1S/C34H37N5O5S.C2HF3O2/c1-24-6-8-25(9-7-24)14-16-36-33(40)23-39(45(42,43)31-13-11-28-10-12-30(44-2)19-29(28)20-31)32-15-17-38(34(32)41)22-27-5-3-4-26(18-27)21-37-35;3-2(4,5)1(6)7/h3-13,18-21,32H,14-17,22-23,35H2,1-2H3,(H,36,40);(H,6,7)/t32-;/m0./s1. The van der Waals surface area contributed by atoms with Gasteiger partial charge in [0.15, 0.2) is 0 Å². The molecule has 0 saturated carbocycles. The van der Waals surface area contributed by atoms with Crippen LogP contribution in [0.15, 0.2) is 94.9 Å². The second-order valence-corrected chi connectivity index (χ2v) is 13.8. The Hall–Kier alpha value is -5.48. The number of methoxy groups -OCH3 is 1. The Labute approximate surface area is 298 Å². The van der Waals surface area contributed by atoms with Crippen LogP contribution in [-0.4, -0.2) is 85.7 Å². The predicted octanol–water partition coefficient (Wildman–Crippen LogP) is 4.23. The predicted molar refractivity (Wildman–Crippen MR) is 188 cm³/mol. The van der Waals surface area contributed by atoms with Crippen molar-refractivity contribution in [2.45, 2.75) is 43.4 Å². The minimum atomic E-state index is -5.08. The van der Waals surface area contributed by atoms with Crippen LogP contribution in [0.4, 0.5) is 13.2 Å². The minimum absolute atomic E-state index is 0.00395. The SMILES string of the molecule is COc1ccc2ccc(S(=O)(=O)N(CC(=O)NCCc3ccc(C)cc3)[C@H]3CCN(Cc4cccc(C=NN)c4)C3=O)cc2c1.O=C(O)C(F)(F)F. The number of carboxylic acid groups (broad SMARTS) is 1. The van der Waals surface area contributed by atoms with Crippen LogP contribution in [0.3, 0.4) is 0 Å². The molecule has 16 heteroatoms. The van der Waals surface area contributed by atoms with Gasteiger partial charge in [-0.05, 0) is 77.6 Å². The first-order valence-electron chi connectivity index (χ1n) is 16.0. The number of aliphatic carboxylic acids is 1. The number of sulfonamides is 1. The quantitative estimate of drug-likeness (QED) is 0.110. The van der Waals surface area contributed by atoms with E-state index in [-0.39, 0.29) is 23.8 Å². The average Bonchev–Trinajstić information content (AvgIpc) is 3.46. The fourth-order valence-corrected chi connectivity index (χ4v) is 7.12. The topological polar surface area (TPSA) is 172 Å². The van der Waals surface area contributed by atoms with Crippen molar-refractivity contribution >= 4 is 44.8 Å². The molecule has 0 spiro atoms. The summed E-state index contributed by atoms with van der Waals surface area (Å²) in [7, 11) is -2.72. The van der Waals surface area contributed by atoms with E-state index in [1.165, 1.54) is 12.3 Å². The number of ether oxygens (including phenoxy) is 1. The number of carbonyl (C=O) groups is 3. The molecule has 4 aromatic rings. The van der Waals surface area contributed by atoms with E-state index in [1.54, 1.807) is 36.3 Å². The van der Waals surface area contributed by atoms with Gasteiger partial charge >= 0.3 is 12.1 Å². The van der Waals surface area contributed by atoms with E-state index in [4.69, 9.17) is 20.5 Å². The van der Waals surface area contributed by atoms with Crippen LogP contribution in [0, 0.1) is 6.92 Å². The van der Waals surface area contributed by atoms with Crippen molar-refractivity contribution < 1.29 is 45.8 Å². The lowest BCUT2D eigenvalue weighted by Crippen LogP contribution is -2.49. The molecule has 0 unspecified atom stereocenters. The summed E-state index contributed by atoms with van der Waals surface area (Å²) in [6, 6.07) is 24.6. The highest BCUT2D eigenvalue weighted by Gasteiger charge is 2.43. The van der Waals surface area contributed by atoms with Crippen molar-refractivity contribution in [3.8, 4) is 5.75 Å². The number of fused-ring (bicyclic) bond motifs is 1. The number of hydrogen-bond acceptors (Lipinski definition) is 8. The van der Waals surface area contributed by atoms with Gasteiger partial charge in [0.25, 0.3) is 0 Å². The molecule has 4 N–H and O–H groups in total. The minimum Gasteiger partial charge on any atom is -0.497 e. The number of amides is 2. The number of likely N-dealkylation sites (tertiary alicyclic amines) is 1. The highest BCUT2D eigenvalue weighted by molar-refractivity contribution is 7.89. The molecular weight excluding hydrogens is 703 g/mol. The monoisotopic (exact) mass is 741 g/mol. The molecule has 0 radical (unpaired) electrons. The van der Waals surface area contributed by atoms with E-state index in [0.29, 0.717) is 30.6 Å². The van der Waals surface area contributed by atoms with Gasteiger partial charge in [-0.25, -0.2) is 13.2 Å². The zero-order valence-corrected chi connectivity index (χ0v) is 29.2. The summed E-state index contributed by atoms with van der Waals surface area (Å²) in [4.78, 5) is 37.5. The molecule has 1 aliphatic rings. The molecule has 0 bridgehead atoms. The number of halogens is 3. The molecule has 276 valence electrons. The maximum Gasteiger partial charge on any atom is 0.490 e. The smallest absolute Gasteiger partial charge is 0.490 e. The maximum atomic E-state index is 14.2. The van der Waals surface area contributed by atoms with Crippen LogP contribution in [0.2, 0.25) is 0 Å². The van der Waals surface area contributed by atoms with E-state index in [0.717, 1.165) is 31.9 Å². The van der Waals surface area contributed by atoms with Gasteiger partial charge in [-0.1, -0.05) is 60.2 Å². The van der Waals surface area contributed by atoms with Gasteiger partial charge in [0, 0.05) is 19.6 Å². The molecule has 0 aliphatic carbocycles. The zero-order chi connectivity index (χ0) is 38.1. The van der Waals surface area contributed by atoms with Crippen molar-refractivity contribution in [2.24, 2.45) is 10.9 Å². The number of carboxylic acids is 1. The first-order valence-corrected chi connectivity index (χ1v) is 17.4. The largest absolute Gasteiger partial charge is 0.497 e. The van der Waals surface area contributed by atoms with Crippen LogP contribution in [-0.2, 0) is 37.4 Å². The van der Waals surface area contributed by atoms with Crippen LogP contribution in [0.1, 0.15) is 28.7 Å². The van der Waals surface area contributed by atoms with Crippen LogP contribution < -0.4 is 15.9 Å². The normalized spacial score (nSPS) is 14.8. The first kappa shape index (κ1) is 39.3. The lowest BCUT2D eigenvalue weighted by Gasteiger charge is -2.27. The summed E-state index contributed by atoms with van der Waals surface area (Å²) in [6.45, 7) is 2.48. The summed E-state index contributed by atoms with van der Waals surface area (Å²) in [5.74, 6) is 2.29. The number of nitrogens with two attached hydrogens (primary N) is 1. The molecule has 1 atom stereocenters. The number of benzene rings is 4. The van der Waals surface area contributed by atoms with E-state index in [9.17, 15) is 31.2 Å². The Morgan fingerprint density at radius 2 is 1.73 bits per heavy atom. The van der Waals surface area contributed by atoms with E-state index >= 15 is 0 Å². The third-order valence-corrected chi connectivity index (χ3v) is 10.0. The van der Waals surface area contributed by atoms with Gasteiger partial charge in [0.1, 0.15) is 11.8 Å². The van der Waals surface area contributed by atoms with Gasteiger partial charge in [0.05, 0.1) is 24.8 Å². The average molecular weight is 742 g/mol. The number of hydrogen-bond donors (Lipinski definition) is 3. The van der Waals surface area contributed by atoms with Crippen LogP contribution in [0.5, 0.6) is 5.75 Å². The maximum absolute atomic E-state index is 14.2. The van der Waals surface area contributed by atoms with Gasteiger partial charge in [0.2, 0.25) is 21.8 Å². The van der Waals surface area contributed by atoms with Crippen molar-refractivity contribution in [1.29, 1.82) is 0 Å². The summed E-state index contributed by atoms with van der Waals surface area (Å²) in [6.07, 6.45) is -2.72. The third kappa shape index (κ3) is 10.3. The van der Waals surface area contributed by atoms with E-state index in [1.807, 2.05) is 61.5 Å². The molecule has 1 aliphatic heterocycles. The Balaban J connectivity index is 0.000000785. The van der Waals surface area contributed by atoms with E-state index in [2.05, 4.69) is 10.4 Å². The van der Waals surface area contributed by atoms with Crippen molar-refractivity contribution in [3.63, 3.8) is 0 Å². The highest BCUT2D eigenvalue weighted by atomic mass is 32.2. The van der Waals surface area contributed by atoms with Crippen LogP contribution >= 0.6 is 0 Å². The highest BCUT2D eigenvalue weighted by Crippen LogP contribution is 2.29. The molecule has 5 rings (SSSR count). The van der Waals surface area contributed by atoms with Crippen molar-refractivity contribution in [2.75, 3.05) is 26.7 Å². The van der Waals surface area contributed by atoms with Gasteiger partial charge in [-0.2, -0.15) is 22.6 Å². The molecule has 0 aromatic heterocycles. The lowest BCUT2D eigenvalue weighted by molar-refractivity contribution is -0.192. The first-order chi connectivity index (χ1) is 24.6. The molecule has 1 heterocycles. The molecule has 1 fully saturated rings. The van der Waals surface area contributed by atoms with Crippen molar-refractivity contribution in [1.82, 2.24) is 14.5 Å². The Bertz CT molecular complexity index is 2040. The second-order valence-electron chi connectivity index (χ2n) is 11.9. The summed E-state index contributed by atoms with van der Waals surface area (Å²) in [5, 5.41) is 15.0. The fraction of sp³-hybridized carbons (Fsp3) is 0.278. The molecule has 52 heavy (non-hydrogen) atoms. The second kappa shape index (κ2) is 17.2.